The molecule has 102 valence electrons. The molecular weight excluding hydrogens is 250 g/mol. The first kappa shape index (κ1) is 13.9. The highest BCUT2D eigenvalue weighted by atomic mass is 16.5. The van der Waals surface area contributed by atoms with Crippen LogP contribution >= 0.6 is 0 Å². The minimum absolute atomic E-state index is 0.553. The number of hydrogen-bond donors (Lipinski definition) is 1. The molecule has 0 amide bonds. The summed E-state index contributed by atoms with van der Waals surface area (Å²) in [5.41, 5.74) is 2.26. The monoisotopic (exact) mass is 267 g/mol. The van der Waals surface area contributed by atoms with E-state index in [-0.39, 0.29) is 0 Å². The zero-order chi connectivity index (χ0) is 14.4. The fraction of sp³-hybridized carbons (Fsp3) is 0.250. The second kappa shape index (κ2) is 6.58. The number of methoxy groups -OCH3 is 1. The summed E-state index contributed by atoms with van der Waals surface area (Å²) in [6.45, 7) is 2.86. The van der Waals surface area contributed by atoms with Crippen molar-refractivity contribution in [2.75, 3.05) is 19.0 Å². The third-order valence-electron chi connectivity index (χ3n) is 2.94. The Labute approximate surface area is 119 Å². The van der Waals surface area contributed by atoms with Crippen LogP contribution in [-0.2, 0) is 0 Å². The second-order valence-electron chi connectivity index (χ2n) is 4.33. The predicted octanol–water partition coefficient (Wildman–Crippen LogP) is 3.45. The van der Waals surface area contributed by atoms with E-state index in [1.165, 1.54) is 0 Å². The first-order valence-electron chi connectivity index (χ1n) is 6.58. The molecule has 0 saturated carbocycles. The van der Waals surface area contributed by atoms with Crippen LogP contribution in [0.25, 0.3) is 11.3 Å². The first-order valence-corrected chi connectivity index (χ1v) is 6.58. The van der Waals surface area contributed by atoms with Crippen molar-refractivity contribution in [3.8, 4) is 23.1 Å². The van der Waals surface area contributed by atoms with E-state index >= 15 is 0 Å². The normalized spacial score (nSPS) is 9.85. The maximum Gasteiger partial charge on any atom is 0.144 e. The number of para-hydroxylation sites is 1. The molecule has 4 nitrogen and oxygen atoms in total. The first-order chi connectivity index (χ1) is 9.80. The van der Waals surface area contributed by atoms with Gasteiger partial charge in [-0.25, -0.2) is 4.98 Å². The van der Waals surface area contributed by atoms with Crippen LogP contribution in [0.3, 0.4) is 0 Å². The molecule has 0 radical (unpaired) electrons. The summed E-state index contributed by atoms with van der Waals surface area (Å²) >= 11 is 0. The molecule has 4 heteroatoms. The average molecular weight is 267 g/mol. The average Bonchev–Trinajstić information content (AvgIpc) is 2.52. The van der Waals surface area contributed by atoms with Crippen LogP contribution in [0.5, 0.6) is 5.75 Å². The van der Waals surface area contributed by atoms with Crippen molar-refractivity contribution in [3.05, 3.63) is 42.0 Å². The molecule has 0 bridgehead atoms. The number of nitriles is 1. The molecular formula is C16H17N3O. The molecule has 0 saturated heterocycles. The van der Waals surface area contributed by atoms with E-state index in [1.807, 2.05) is 30.3 Å². The number of nitrogens with one attached hydrogen (secondary N) is 1. The Kier molecular flexibility index (Phi) is 4.56. The minimum Gasteiger partial charge on any atom is -0.496 e. The van der Waals surface area contributed by atoms with E-state index in [9.17, 15) is 0 Å². The largest absolute Gasteiger partial charge is 0.496 e. The third-order valence-corrected chi connectivity index (χ3v) is 2.94. The van der Waals surface area contributed by atoms with Crippen LogP contribution in [0.2, 0.25) is 0 Å². The van der Waals surface area contributed by atoms with Gasteiger partial charge < -0.3 is 10.1 Å². The Morgan fingerprint density at radius 2 is 2.05 bits per heavy atom. The lowest BCUT2D eigenvalue weighted by atomic mass is 10.1. The molecule has 1 heterocycles. The van der Waals surface area contributed by atoms with Gasteiger partial charge in [-0.15, -0.1) is 0 Å². The highest BCUT2D eigenvalue weighted by molar-refractivity contribution is 5.70. The lowest BCUT2D eigenvalue weighted by Gasteiger charge is -2.11. The maximum atomic E-state index is 9.13. The number of hydrogen-bond acceptors (Lipinski definition) is 4. The van der Waals surface area contributed by atoms with Crippen molar-refractivity contribution in [2.45, 2.75) is 13.3 Å². The van der Waals surface area contributed by atoms with E-state index in [0.717, 1.165) is 30.0 Å². The van der Waals surface area contributed by atoms with Crippen molar-refractivity contribution in [2.24, 2.45) is 0 Å². The number of aromatic nitrogens is 1. The van der Waals surface area contributed by atoms with Crippen LogP contribution in [0.4, 0.5) is 5.82 Å². The van der Waals surface area contributed by atoms with Crippen molar-refractivity contribution in [1.29, 1.82) is 5.26 Å². The maximum absolute atomic E-state index is 9.13. The van der Waals surface area contributed by atoms with E-state index in [4.69, 9.17) is 10.00 Å². The van der Waals surface area contributed by atoms with E-state index < -0.39 is 0 Å². The number of pyridine rings is 1. The summed E-state index contributed by atoms with van der Waals surface area (Å²) in [5, 5.41) is 12.3. The molecule has 0 unspecified atom stereocenters. The number of ether oxygens (including phenoxy) is 1. The third kappa shape index (κ3) is 2.89. The van der Waals surface area contributed by atoms with Crippen molar-refractivity contribution < 1.29 is 4.74 Å². The molecule has 0 aliphatic heterocycles. The molecule has 2 aromatic rings. The van der Waals surface area contributed by atoms with Gasteiger partial charge in [-0.2, -0.15) is 5.26 Å². The minimum atomic E-state index is 0.553. The topological polar surface area (TPSA) is 57.9 Å². The Morgan fingerprint density at radius 3 is 2.75 bits per heavy atom. The molecule has 1 N–H and O–H groups in total. The van der Waals surface area contributed by atoms with E-state index in [1.54, 1.807) is 13.2 Å². The zero-order valence-electron chi connectivity index (χ0n) is 11.7. The molecule has 2 rings (SSSR count). The highest BCUT2D eigenvalue weighted by Gasteiger charge is 2.10. The molecule has 0 aliphatic carbocycles. The van der Waals surface area contributed by atoms with E-state index in [0.29, 0.717) is 11.4 Å². The van der Waals surface area contributed by atoms with Crippen molar-refractivity contribution >= 4 is 5.82 Å². The fourth-order valence-corrected chi connectivity index (χ4v) is 1.93. The summed E-state index contributed by atoms with van der Waals surface area (Å²) < 4.78 is 5.35. The quantitative estimate of drug-likeness (QED) is 0.901. The fourth-order valence-electron chi connectivity index (χ4n) is 1.93. The molecule has 1 aromatic carbocycles. The Morgan fingerprint density at radius 1 is 1.25 bits per heavy atom. The SMILES string of the molecule is CCCNc1nc(-c2ccccc2OC)ccc1C#N. The Hall–Kier alpha value is -2.54. The van der Waals surface area contributed by atoms with Gasteiger partial charge in [-0.1, -0.05) is 19.1 Å². The van der Waals surface area contributed by atoms with Gasteiger partial charge in [-0.3, -0.25) is 0 Å². The van der Waals surface area contributed by atoms with Crippen LogP contribution < -0.4 is 10.1 Å². The summed E-state index contributed by atoms with van der Waals surface area (Å²) in [5.74, 6) is 1.39. The molecule has 0 atom stereocenters. The summed E-state index contributed by atoms with van der Waals surface area (Å²) in [4.78, 5) is 4.55. The van der Waals surface area contributed by atoms with Crippen molar-refractivity contribution in [1.82, 2.24) is 4.98 Å². The van der Waals surface area contributed by atoms with Gasteiger partial charge >= 0.3 is 0 Å². The number of anilines is 1. The molecule has 0 fully saturated rings. The Bertz CT molecular complexity index is 632. The predicted molar refractivity (Wildman–Crippen MR) is 79.7 cm³/mol. The smallest absolute Gasteiger partial charge is 0.144 e. The lowest BCUT2D eigenvalue weighted by Crippen LogP contribution is -2.05. The Balaban J connectivity index is 2.45. The zero-order valence-corrected chi connectivity index (χ0v) is 11.7. The van der Waals surface area contributed by atoms with Gasteiger partial charge in [0.25, 0.3) is 0 Å². The number of rotatable bonds is 5. The standard InChI is InChI=1S/C16H17N3O/c1-3-10-18-16-12(11-17)8-9-14(19-16)13-6-4-5-7-15(13)20-2/h4-9H,3,10H2,1-2H3,(H,18,19). The van der Waals surface area contributed by atoms with Gasteiger partial charge in [0.15, 0.2) is 0 Å². The van der Waals surface area contributed by atoms with Crippen LogP contribution in [0, 0.1) is 11.3 Å². The van der Waals surface area contributed by atoms with E-state index in [2.05, 4.69) is 23.3 Å². The van der Waals surface area contributed by atoms with Crippen LogP contribution in [-0.4, -0.2) is 18.6 Å². The van der Waals surface area contributed by atoms with Crippen LogP contribution in [0.15, 0.2) is 36.4 Å². The van der Waals surface area contributed by atoms with Gasteiger partial charge in [0.1, 0.15) is 17.6 Å². The van der Waals surface area contributed by atoms with Crippen molar-refractivity contribution in [3.63, 3.8) is 0 Å². The second-order valence-corrected chi connectivity index (χ2v) is 4.33. The highest BCUT2D eigenvalue weighted by Crippen LogP contribution is 2.29. The van der Waals surface area contributed by atoms with Gasteiger partial charge in [-0.05, 0) is 30.7 Å². The van der Waals surface area contributed by atoms with Gasteiger partial charge in [0, 0.05) is 12.1 Å². The number of nitrogens with zero attached hydrogens (tertiary/aromatic N) is 2. The number of benzene rings is 1. The molecule has 0 spiro atoms. The molecule has 20 heavy (non-hydrogen) atoms. The van der Waals surface area contributed by atoms with Gasteiger partial charge in [0.2, 0.25) is 0 Å². The summed E-state index contributed by atoms with van der Waals surface area (Å²) in [7, 11) is 1.64. The molecule has 0 aliphatic rings. The van der Waals surface area contributed by atoms with Crippen LogP contribution in [0.1, 0.15) is 18.9 Å². The lowest BCUT2D eigenvalue weighted by molar-refractivity contribution is 0.416. The summed E-state index contributed by atoms with van der Waals surface area (Å²) in [6.07, 6.45) is 0.978. The molecule has 1 aromatic heterocycles. The summed E-state index contributed by atoms with van der Waals surface area (Å²) in [6, 6.07) is 13.5. The van der Waals surface area contributed by atoms with Gasteiger partial charge in [0.05, 0.1) is 18.4 Å².